The number of anilines is 9. The minimum Gasteiger partial charge on any atom is -0.454 e. The summed E-state index contributed by atoms with van der Waals surface area (Å²) in [6.07, 6.45) is 0. The number of hydrogen-bond donors (Lipinski definition) is 0. The molecule has 0 radical (unpaired) electrons. The molecule has 65 heavy (non-hydrogen) atoms. The molecule has 0 fully saturated rings. The van der Waals surface area contributed by atoms with Gasteiger partial charge in [-0.2, -0.15) is 0 Å². The first-order chi connectivity index (χ1) is 32.2. The van der Waals surface area contributed by atoms with Gasteiger partial charge >= 0.3 is 0 Å². The Morgan fingerprint density at radius 1 is 0.231 bits per heavy atom. The smallest absolute Gasteiger partial charge is 0.159 e. The summed E-state index contributed by atoms with van der Waals surface area (Å²) in [5, 5.41) is 4.10. The van der Waals surface area contributed by atoms with Gasteiger partial charge in [0, 0.05) is 61.4 Å². The second-order valence-corrected chi connectivity index (χ2v) is 16.1. The molecule has 12 aromatic rings. The molecule has 0 aliphatic heterocycles. The first-order valence-corrected chi connectivity index (χ1v) is 21.9. The Balaban J connectivity index is 1.19. The normalized spacial score (nSPS) is 11.4. The predicted octanol–water partition coefficient (Wildman–Crippen LogP) is 17.6. The highest BCUT2D eigenvalue weighted by Crippen LogP contribution is 2.51. The topological polar surface area (TPSA) is 36.0 Å². The van der Waals surface area contributed by atoms with E-state index in [2.05, 4.69) is 251 Å². The van der Waals surface area contributed by atoms with E-state index in [1.165, 1.54) is 0 Å². The highest BCUT2D eigenvalue weighted by Gasteiger charge is 2.27. The van der Waals surface area contributed by atoms with Crippen molar-refractivity contribution in [3.8, 4) is 11.1 Å². The number of benzene rings is 10. The van der Waals surface area contributed by atoms with E-state index in [0.29, 0.717) is 0 Å². The van der Waals surface area contributed by atoms with E-state index >= 15 is 0 Å². The van der Waals surface area contributed by atoms with Crippen molar-refractivity contribution in [2.45, 2.75) is 0 Å². The van der Waals surface area contributed by atoms with Crippen LogP contribution >= 0.6 is 0 Å². The summed E-state index contributed by atoms with van der Waals surface area (Å²) in [6, 6.07) is 87.4. The predicted molar refractivity (Wildman–Crippen MR) is 270 cm³/mol. The molecule has 5 heteroatoms. The van der Waals surface area contributed by atoms with Gasteiger partial charge in [-0.15, -0.1) is 0 Å². The van der Waals surface area contributed by atoms with Gasteiger partial charge < -0.3 is 23.5 Å². The monoisotopic (exact) mass is 835 g/mol. The molecule has 0 aliphatic carbocycles. The van der Waals surface area contributed by atoms with Crippen molar-refractivity contribution >= 4 is 95.1 Å². The second-order valence-electron chi connectivity index (χ2n) is 16.1. The Bertz CT molecular complexity index is 3510. The molecule has 0 aliphatic rings. The van der Waals surface area contributed by atoms with E-state index in [-0.39, 0.29) is 0 Å². The number of rotatable bonds is 10. The summed E-state index contributed by atoms with van der Waals surface area (Å²) in [5.41, 5.74) is 14.3. The van der Waals surface area contributed by atoms with Gasteiger partial charge in [0.15, 0.2) is 11.2 Å². The third kappa shape index (κ3) is 6.83. The zero-order chi connectivity index (χ0) is 43.1. The van der Waals surface area contributed by atoms with Crippen LogP contribution in [-0.4, -0.2) is 0 Å². The molecule has 2 aromatic heterocycles. The van der Waals surface area contributed by atoms with Crippen LogP contribution in [0.3, 0.4) is 0 Å². The van der Waals surface area contributed by atoms with Gasteiger partial charge in [0.05, 0.1) is 11.4 Å². The van der Waals surface area contributed by atoms with Crippen LogP contribution in [0.1, 0.15) is 0 Å². The third-order valence-corrected chi connectivity index (χ3v) is 12.2. The highest BCUT2D eigenvalue weighted by molar-refractivity contribution is 6.15. The van der Waals surface area contributed by atoms with Crippen LogP contribution in [0.25, 0.3) is 55.0 Å². The average Bonchev–Trinajstić information content (AvgIpc) is 3.95. The van der Waals surface area contributed by atoms with E-state index in [4.69, 9.17) is 8.83 Å². The van der Waals surface area contributed by atoms with E-state index in [1.54, 1.807) is 0 Å². The van der Waals surface area contributed by atoms with Gasteiger partial charge in [0.25, 0.3) is 0 Å². The minimum atomic E-state index is 0.782. The van der Waals surface area contributed by atoms with E-state index in [0.717, 1.165) is 106 Å². The fraction of sp³-hybridized carbons (Fsp3) is 0. The van der Waals surface area contributed by atoms with Crippen LogP contribution < -0.4 is 14.7 Å². The van der Waals surface area contributed by atoms with Gasteiger partial charge in [-0.3, -0.25) is 0 Å². The van der Waals surface area contributed by atoms with E-state index < -0.39 is 0 Å². The molecule has 0 bridgehead atoms. The number of nitrogens with zero attached hydrogens (tertiary/aromatic N) is 3. The molecule has 0 atom stereocenters. The van der Waals surface area contributed by atoms with Crippen LogP contribution in [0.15, 0.2) is 258 Å². The maximum atomic E-state index is 7.02. The van der Waals surface area contributed by atoms with Crippen LogP contribution in [-0.2, 0) is 0 Å². The SMILES string of the molecule is c1ccc(-c2ccc(N(c3cc(N(c4ccccc4)c4ccccc4)c4oc5ccccc5c4c3)c3cc(N(c4ccccc4)c4ccccc4)cc4c3oc3ccccc34)cc2)cc1. The van der Waals surface area contributed by atoms with Crippen molar-refractivity contribution in [3.05, 3.63) is 249 Å². The Kier molecular flexibility index (Phi) is 9.42. The molecule has 308 valence electrons. The Hall–Kier alpha value is -8.80. The molecular weight excluding hydrogens is 795 g/mol. The maximum Gasteiger partial charge on any atom is 0.159 e. The summed E-state index contributed by atoms with van der Waals surface area (Å²) in [6.45, 7) is 0. The lowest BCUT2D eigenvalue weighted by atomic mass is 10.0. The Morgan fingerprint density at radius 2 is 0.554 bits per heavy atom. The largest absolute Gasteiger partial charge is 0.454 e. The molecule has 0 saturated heterocycles. The van der Waals surface area contributed by atoms with Crippen LogP contribution in [0, 0.1) is 0 Å². The Morgan fingerprint density at radius 3 is 1.00 bits per heavy atom. The van der Waals surface area contributed by atoms with Gasteiger partial charge in [-0.25, -0.2) is 0 Å². The van der Waals surface area contributed by atoms with Crippen molar-refractivity contribution in [1.82, 2.24) is 0 Å². The van der Waals surface area contributed by atoms with Gasteiger partial charge in [-0.05, 0) is 108 Å². The maximum absolute atomic E-state index is 7.02. The number of para-hydroxylation sites is 6. The summed E-state index contributed by atoms with van der Waals surface area (Å²) in [4.78, 5) is 6.98. The quantitative estimate of drug-likeness (QED) is 0.137. The summed E-state index contributed by atoms with van der Waals surface area (Å²) in [7, 11) is 0. The molecule has 5 nitrogen and oxygen atoms in total. The molecule has 0 saturated carbocycles. The number of hydrogen-bond acceptors (Lipinski definition) is 5. The van der Waals surface area contributed by atoms with Crippen LogP contribution in [0.4, 0.5) is 51.2 Å². The highest BCUT2D eigenvalue weighted by atomic mass is 16.3. The number of furan rings is 2. The zero-order valence-corrected chi connectivity index (χ0v) is 35.3. The fourth-order valence-electron chi connectivity index (χ4n) is 9.22. The molecule has 12 rings (SSSR count). The average molecular weight is 836 g/mol. The third-order valence-electron chi connectivity index (χ3n) is 12.2. The standard InChI is InChI=1S/C60H41N3O2/c1-6-20-42(21-7-1)43-34-36-48(37-35-43)63(50-39-54-52-31-17-19-33-58(52)64-59(54)55(41-50)62(46-26-12-4-13-27-46)47-28-14-5-15-29-47)56-40-49(38-53-51-30-16-18-32-57(51)65-60(53)56)61(44-22-8-2-9-23-44)45-24-10-3-11-25-45/h1-41H. The first kappa shape index (κ1) is 37.9. The Labute approximate surface area is 376 Å². The molecular formula is C60H41N3O2. The molecule has 2 heterocycles. The first-order valence-electron chi connectivity index (χ1n) is 21.9. The molecule has 0 amide bonds. The molecule has 0 N–H and O–H groups in total. The van der Waals surface area contributed by atoms with E-state index in [9.17, 15) is 0 Å². The van der Waals surface area contributed by atoms with E-state index in [1.807, 2.05) is 12.1 Å². The second kappa shape index (κ2) is 16.2. The number of fused-ring (bicyclic) bond motifs is 6. The minimum absolute atomic E-state index is 0.782. The van der Waals surface area contributed by atoms with Gasteiger partial charge in [0.2, 0.25) is 0 Å². The summed E-state index contributed by atoms with van der Waals surface area (Å²) < 4.78 is 13.9. The molecule has 0 spiro atoms. The van der Waals surface area contributed by atoms with Crippen molar-refractivity contribution in [2.75, 3.05) is 14.7 Å². The van der Waals surface area contributed by atoms with Crippen LogP contribution in [0.5, 0.6) is 0 Å². The lowest BCUT2D eigenvalue weighted by Gasteiger charge is -2.31. The van der Waals surface area contributed by atoms with Crippen molar-refractivity contribution in [1.29, 1.82) is 0 Å². The fourth-order valence-corrected chi connectivity index (χ4v) is 9.22. The molecule has 10 aromatic carbocycles. The van der Waals surface area contributed by atoms with Gasteiger partial charge in [0.1, 0.15) is 11.2 Å². The van der Waals surface area contributed by atoms with Crippen molar-refractivity contribution < 1.29 is 8.83 Å². The summed E-state index contributed by atoms with van der Waals surface area (Å²) >= 11 is 0. The molecule has 0 unspecified atom stereocenters. The lowest BCUT2D eigenvalue weighted by Crippen LogP contribution is -2.15. The van der Waals surface area contributed by atoms with Gasteiger partial charge in [-0.1, -0.05) is 152 Å². The zero-order valence-electron chi connectivity index (χ0n) is 35.3. The lowest BCUT2D eigenvalue weighted by molar-refractivity contribution is 0.669. The van der Waals surface area contributed by atoms with Crippen LogP contribution in [0.2, 0.25) is 0 Å². The van der Waals surface area contributed by atoms with Crippen molar-refractivity contribution in [2.24, 2.45) is 0 Å². The summed E-state index contributed by atoms with van der Waals surface area (Å²) in [5.74, 6) is 0. The van der Waals surface area contributed by atoms with Crippen molar-refractivity contribution in [3.63, 3.8) is 0 Å².